The van der Waals surface area contributed by atoms with Gasteiger partial charge in [0, 0.05) is 5.02 Å². The molecular formula is C14H17ClO. The summed E-state index contributed by atoms with van der Waals surface area (Å²) in [4.78, 5) is 0. The number of rotatable bonds is 2. The number of halogens is 1. The number of ether oxygens (including phenoxy) is 1. The molecule has 2 heteroatoms. The zero-order chi connectivity index (χ0) is 12.0. The maximum absolute atomic E-state index is 5.88. The highest BCUT2D eigenvalue weighted by Gasteiger charge is 2.56. The molecule has 1 saturated heterocycles. The van der Waals surface area contributed by atoms with Crippen LogP contribution in [0.15, 0.2) is 30.8 Å². The molecule has 0 N–H and O–H groups in total. The van der Waals surface area contributed by atoms with E-state index in [1.807, 2.05) is 24.3 Å². The van der Waals surface area contributed by atoms with Gasteiger partial charge in [0.1, 0.15) is 5.60 Å². The van der Waals surface area contributed by atoms with Crippen molar-refractivity contribution in [2.24, 2.45) is 5.41 Å². The number of epoxide rings is 1. The van der Waals surface area contributed by atoms with E-state index in [1.165, 1.54) is 0 Å². The molecule has 0 bridgehead atoms. The highest BCUT2D eigenvalue weighted by atomic mass is 35.5. The van der Waals surface area contributed by atoms with Gasteiger partial charge in [-0.15, -0.1) is 0 Å². The van der Waals surface area contributed by atoms with Crippen molar-refractivity contribution in [1.29, 1.82) is 0 Å². The Morgan fingerprint density at radius 3 is 2.19 bits per heavy atom. The van der Waals surface area contributed by atoms with E-state index in [0.717, 1.165) is 22.8 Å². The number of hydrogen-bond donors (Lipinski definition) is 0. The van der Waals surface area contributed by atoms with E-state index in [1.54, 1.807) is 0 Å². The first-order chi connectivity index (χ1) is 7.37. The standard InChI is InChI=1S/C14H17ClO/c1-10(11-5-7-12(15)8-6-11)14(9-16-14)13(2,3)4/h5-8H,1,9H2,2-4H3. The van der Waals surface area contributed by atoms with Crippen molar-refractivity contribution in [1.82, 2.24) is 0 Å². The lowest BCUT2D eigenvalue weighted by atomic mass is 9.75. The lowest BCUT2D eigenvalue weighted by Gasteiger charge is -2.29. The highest BCUT2D eigenvalue weighted by molar-refractivity contribution is 6.30. The minimum absolute atomic E-state index is 0.0731. The highest BCUT2D eigenvalue weighted by Crippen LogP contribution is 2.52. The minimum atomic E-state index is -0.194. The average molecular weight is 237 g/mol. The van der Waals surface area contributed by atoms with Gasteiger partial charge in [-0.2, -0.15) is 0 Å². The molecule has 1 aromatic carbocycles. The van der Waals surface area contributed by atoms with E-state index in [2.05, 4.69) is 27.4 Å². The Hall–Kier alpha value is -0.790. The molecular weight excluding hydrogens is 220 g/mol. The quantitative estimate of drug-likeness (QED) is 0.703. The Bertz CT molecular complexity index is 407. The van der Waals surface area contributed by atoms with Crippen LogP contribution in [-0.2, 0) is 4.74 Å². The van der Waals surface area contributed by atoms with Gasteiger partial charge in [-0.05, 0) is 28.7 Å². The van der Waals surface area contributed by atoms with Gasteiger partial charge in [0.05, 0.1) is 6.61 Å². The summed E-state index contributed by atoms with van der Waals surface area (Å²) in [5.41, 5.74) is 2.04. The molecule has 86 valence electrons. The van der Waals surface area contributed by atoms with E-state index >= 15 is 0 Å². The van der Waals surface area contributed by atoms with E-state index in [0.29, 0.717) is 0 Å². The van der Waals surface area contributed by atoms with Crippen LogP contribution in [0.4, 0.5) is 0 Å². The van der Waals surface area contributed by atoms with Gasteiger partial charge in [-0.1, -0.05) is 51.1 Å². The molecule has 1 nitrogen and oxygen atoms in total. The first-order valence-corrected chi connectivity index (χ1v) is 5.84. The molecule has 0 aromatic heterocycles. The van der Waals surface area contributed by atoms with Crippen LogP contribution in [-0.4, -0.2) is 12.2 Å². The summed E-state index contributed by atoms with van der Waals surface area (Å²) >= 11 is 5.88. The molecule has 1 heterocycles. The van der Waals surface area contributed by atoms with Crippen LogP contribution in [0, 0.1) is 5.41 Å². The first kappa shape index (κ1) is 11.7. The van der Waals surface area contributed by atoms with E-state index in [4.69, 9.17) is 16.3 Å². The van der Waals surface area contributed by atoms with Gasteiger partial charge in [0.25, 0.3) is 0 Å². The normalized spacial score (nSPS) is 24.2. The van der Waals surface area contributed by atoms with Crippen LogP contribution in [0.5, 0.6) is 0 Å². The molecule has 2 rings (SSSR count). The fourth-order valence-electron chi connectivity index (χ4n) is 2.02. The monoisotopic (exact) mass is 236 g/mol. The van der Waals surface area contributed by atoms with Crippen LogP contribution in [0.1, 0.15) is 26.3 Å². The Labute approximate surface area is 102 Å². The van der Waals surface area contributed by atoms with Crippen molar-refractivity contribution in [3.05, 3.63) is 41.4 Å². The van der Waals surface area contributed by atoms with Gasteiger partial charge in [0.2, 0.25) is 0 Å². The number of benzene rings is 1. The van der Waals surface area contributed by atoms with E-state index in [-0.39, 0.29) is 11.0 Å². The minimum Gasteiger partial charge on any atom is -0.364 e. The summed E-state index contributed by atoms with van der Waals surface area (Å²) in [6.07, 6.45) is 0. The van der Waals surface area contributed by atoms with Crippen molar-refractivity contribution < 1.29 is 4.74 Å². The summed E-state index contributed by atoms with van der Waals surface area (Å²) in [6, 6.07) is 7.78. The molecule has 1 unspecified atom stereocenters. The van der Waals surface area contributed by atoms with E-state index < -0.39 is 0 Å². The molecule has 1 fully saturated rings. The van der Waals surface area contributed by atoms with Crippen molar-refractivity contribution in [2.45, 2.75) is 26.4 Å². The molecule has 16 heavy (non-hydrogen) atoms. The summed E-state index contributed by atoms with van der Waals surface area (Å²) in [7, 11) is 0. The van der Waals surface area contributed by atoms with Crippen molar-refractivity contribution in [3.63, 3.8) is 0 Å². The van der Waals surface area contributed by atoms with Gasteiger partial charge >= 0.3 is 0 Å². The first-order valence-electron chi connectivity index (χ1n) is 5.46. The maximum atomic E-state index is 5.88. The van der Waals surface area contributed by atoms with Crippen LogP contribution < -0.4 is 0 Å². The number of hydrogen-bond acceptors (Lipinski definition) is 1. The molecule has 0 aliphatic carbocycles. The van der Waals surface area contributed by atoms with Crippen LogP contribution in [0.2, 0.25) is 5.02 Å². The predicted molar refractivity (Wildman–Crippen MR) is 68.6 cm³/mol. The second-order valence-corrected chi connectivity index (χ2v) is 5.79. The average Bonchev–Trinajstić information content (AvgIpc) is 2.97. The topological polar surface area (TPSA) is 12.5 Å². The molecule has 1 aliphatic heterocycles. The molecule has 1 aliphatic rings. The zero-order valence-corrected chi connectivity index (χ0v) is 10.8. The Balaban J connectivity index is 2.30. The largest absolute Gasteiger partial charge is 0.364 e. The summed E-state index contributed by atoms with van der Waals surface area (Å²) in [6.45, 7) is 11.5. The zero-order valence-electron chi connectivity index (χ0n) is 10.0. The Morgan fingerprint density at radius 1 is 1.31 bits per heavy atom. The summed E-state index contributed by atoms with van der Waals surface area (Å²) < 4.78 is 5.67. The van der Waals surface area contributed by atoms with Crippen molar-refractivity contribution in [3.8, 4) is 0 Å². The van der Waals surface area contributed by atoms with Gasteiger partial charge in [-0.25, -0.2) is 0 Å². The fraction of sp³-hybridized carbons (Fsp3) is 0.429. The third-order valence-corrected chi connectivity index (χ3v) is 3.58. The lowest BCUT2D eigenvalue weighted by molar-refractivity contribution is 0.209. The van der Waals surface area contributed by atoms with E-state index in [9.17, 15) is 0 Å². The molecule has 1 aromatic rings. The van der Waals surface area contributed by atoms with Crippen LogP contribution in [0.25, 0.3) is 5.57 Å². The predicted octanol–water partition coefficient (Wildman–Crippen LogP) is 4.17. The third-order valence-electron chi connectivity index (χ3n) is 3.32. The van der Waals surface area contributed by atoms with Crippen LogP contribution >= 0.6 is 11.6 Å². The second kappa shape index (κ2) is 3.61. The summed E-state index contributed by atoms with van der Waals surface area (Å²) in [5.74, 6) is 0. The molecule has 0 spiro atoms. The SMILES string of the molecule is C=C(c1ccc(Cl)cc1)C1(C(C)(C)C)CO1. The Kier molecular flexibility index (Phi) is 2.64. The molecule has 1 atom stereocenters. The van der Waals surface area contributed by atoms with Gasteiger partial charge < -0.3 is 4.74 Å². The maximum Gasteiger partial charge on any atom is 0.121 e. The molecule has 0 amide bonds. The van der Waals surface area contributed by atoms with Crippen LogP contribution in [0.3, 0.4) is 0 Å². The van der Waals surface area contributed by atoms with Gasteiger partial charge in [0.15, 0.2) is 0 Å². The third kappa shape index (κ3) is 1.79. The van der Waals surface area contributed by atoms with Crippen molar-refractivity contribution >= 4 is 17.2 Å². The summed E-state index contributed by atoms with van der Waals surface area (Å²) in [5, 5.41) is 0.748. The Morgan fingerprint density at radius 2 is 1.81 bits per heavy atom. The smallest absolute Gasteiger partial charge is 0.121 e. The van der Waals surface area contributed by atoms with Gasteiger partial charge in [-0.3, -0.25) is 0 Å². The molecule has 0 saturated carbocycles. The second-order valence-electron chi connectivity index (χ2n) is 5.35. The fourth-order valence-corrected chi connectivity index (χ4v) is 2.14. The molecule has 0 radical (unpaired) electrons. The van der Waals surface area contributed by atoms with Crippen molar-refractivity contribution in [2.75, 3.05) is 6.61 Å². The lowest BCUT2D eigenvalue weighted by Crippen LogP contribution is -2.31.